The van der Waals surface area contributed by atoms with Gasteiger partial charge in [0.1, 0.15) is 0 Å². The first-order valence-electron chi connectivity index (χ1n) is 8.45. The molecule has 138 valence electrons. The topological polar surface area (TPSA) is 0 Å². The van der Waals surface area contributed by atoms with Gasteiger partial charge in [-0.05, 0) is 63.2 Å². The Morgan fingerprint density at radius 3 is 0.609 bits per heavy atom. The molecule has 23 heavy (non-hydrogen) atoms. The van der Waals surface area contributed by atoms with E-state index in [9.17, 15) is 0 Å². The van der Waals surface area contributed by atoms with Gasteiger partial charge in [-0.15, -0.1) is 0 Å². The van der Waals surface area contributed by atoms with Gasteiger partial charge in [0.15, 0.2) is 0 Å². The molecule has 1 heteroatoms. The quantitative estimate of drug-likeness (QED) is 0.239. The monoisotopic (exact) mass is 362 g/mol. The molecular weight excluding hydrogens is 320 g/mol. The van der Waals surface area contributed by atoms with E-state index in [4.69, 9.17) is 0 Å². The fourth-order valence-corrected chi connectivity index (χ4v) is 3.88. The van der Waals surface area contributed by atoms with Crippen LogP contribution in [0, 0.1) is 50.4 Å². The largest absolute Gasteiger partial charge is 2.00 e. The number of allylic oxidation sites excluding steroid dienone is 4. The molecule has 4 atom stereocenters. The maximum Gasteiger partial charge on any atom is 2.00 e. The third-order valence-electron chi connectivity index (χ3n) is 7.13. The molecule has 0 aromatic carbocycles. The first kappa shape index (κ1) is 27.8. The molecule has 2 rings (SSSR count). The van der Waals surface area contributed by atoms with Crippen molar-refractivity contribution in [2.75, 3.05) is 0 Å². The zero-order valence-electron chi connectivity index (χ0n) is 17.8. The van der Waals surface area contributed by atoms with Gasteiger partial charge in [-0.2, -0.15) is 0 Å². The summed E-state index contributed by atoms with van der Waals surface area (Å²) in [6, 6.07) is 0. The number of hydrogen-bond acceptors (Lipinski definition) is 0. The van der Waals surface area contributed by atoms with Crippen LogP contribution in [-0.4, -0.2) is 0 Å². The Morgan fingerprint density at radius 1 is 0.435 bits per heavy atom. The molecule has 0 heterocycles. The Morgan fingerprint density at radius 2 is 0.565 bits per heavy atom. The van der Waals surface area contributed by atoms with E-state index in [0.29, 0.717) is 0 Å². The summed E-state index contributed by atoms with van der Waals surface area (Å²) in [6.07, 6.45) is 0. The summed E-state index contributed by atoms with van der Waals surface area (Å²) < 4.78 is 0. The molecular formula is C22H42Fe. The van der Waals surface area contributed by atoms with Crippen molar-refractivity contribution in [2.45, 2.75) is 69.2 Å². The molecule has 0 saturated carbocycles. The number of rotatable bonds is 0. The summed E-state index contributed by atoms with van der Waals surface area (Å²) in [5.41, 5.74) is 6.50. The summed E-state index contributed by atoms with van der Waals surface area (Å²) in [7, 11) is 0. The minimum Gasteiger partial charge on any atom is -0.358 e. The van der Waals surface area contributed by atoms with Crippen LogP contribution in [0.4, 0.5) is 0 Å². The molecule has 0 spiro atoms. The summed E-state index contributed by atoms with van der Waals surface area (Å²) in [6.45, 7) is 23.2. The standard InChI is InChI=1S/2C10H18.2CH3.Fe/c2*1-6-7(2)9(4)10(5)8(6)3;;;/h2*6-8H,1-5H3;2*1H3;/q;;2*-1;+2. The summed E-state index contributed by atoms with van der Waals surface area (Å²) in [5, 5.41) is 0. The average Bonchev–Trinajstić information content (AvgIpc) is 2.71. The van der Waals surface area contributed by atoms with E-state index >= 15 is 0 Å². The zero-order valence-corrected chi connectivity index (χ0v) is 18.9. The maximum absolute atomic E-state index is 2.36. The predicted molar refractivity (Wildman–Crippen MR) is 105 cm³/mol. The Labute approximate surface area is 159 Å². The van der Waals surface area contributed by atoms with Crippen LogP contribution in [0.25, 0.3) is 0 Å². The van der Waals surface area contributed by atoms with Crippen LogP contribution in [0.15, 0.2) is 22.3 Å². The molecule has 0 saturated heterocycles. The molecule has 0 aromatic rings. The van der Waals surface area contributed by atoms with E-state index in [1.165, 1.54) is 0 Å². The van der Waals surface area contributed by atoms with Gasteiger partial charge in [-0.25, -0.2) is 0 Å². The third kappa shape index (κ3) is 5.50. The molecule has 0 amide bonds. The second-order valence-corrected chi connectivity index (χ2v) is 7.60. The third-order valence-corrected chi connectivity index (χ3v) is 7.13. The average molecular weight is 362 g/mol. The Balaban J connectivity index is -0.000000308. The van der Waals surface area contributed by atoms with Gasteiger partial charge < -0.3 is 14.9 Å². The van der Waals surface area contributed by atoms with Gasteiger partial charge >= 0.3 is 17.1 Å². The molecule has 0 fully saturated rings. The van der Waals surface area contributed by atoms with Crippen molar-refractivity contribution in [3.63, 3.8) is 0 Å². The predicted octanol–water partition coefficient (Wildman–Crippen LogP) is 7.39. The van der Waals surface area contributed by atoms with Crippen molar-refractivity contribution in [1.82, 2.24) is 0 Å². The fourth-order valence-electron chi connectivity index (χ4n) is 3.88. The molecule has 0 N–H and O–H groups in total. The molecule has 2 aliphatic carbocycles. The van der Waals surface area contributed by atoms with Crippen LogP contribution in [0.5, 0.6) is 0 Å². The summed E-state index contributed by atoms with van der Waals surface area (Å²) >= 11 is 0. The molecule has 0 aromatic heterocycles. The molecule has 4 unspecified atom stereocenters. The first-order valence-corrected chi connectivity index (χ1v) is 8.45. The second kappa shape index (κ2) is 10.8. The first-order chi connectivity index (χ1) is 9.11. The van der Waals surface area contributed by atoms with Crippen molar-refractivity contribution in [1.29, 1.82) is 0 Å². The smallest absolute Gasteiger partial charge is 0.358 e. The van der Waals surface area contributed by atoms with E-state index in [-0.39, 0.29) is 31.9 Å². The van der Waals surface area contributed by atoms with Gasteiger partial charge in [0.2, 0.25) is 0 Å². The minimum atomic E-state index is 0. The van der Waals surface area contributed by atoms with Crippen molar-refractivity contribution in [3.8, 4) is 0 Å². The van der Waals surface area contributed by atoms with E-state index in [1.807, 2.05) is 0 Å². The van der Waals surface area contributed by atoms with E-state index in [0.717, 1.165) is 35.5 Å². The van der Waals surface area contributed by atoms with Crippen LogP contribution in [0.2, 0.25) is 0 Å². The zero-order chi connectivity index (χ0) is 15.8. The van der Waals surface area contributed by atoms with Gasteiger partial charge in [0.25, 0.3) is 0 Å². The second-order valence-electron chi connectivity index (χ2n) is 7.60. The van der Waals surface area contributed by atoms with Crippen LogP contribution < -0.4 is 0 Å². The molecule has 0 nitrogen and oxygen atoms in total. The van der Waals surface area contributed by atoms with Crippen LogP contribution in [0.1, 0.15) is 69.2 Å². The summed E-state index contributed by atoms with van der Waals surface area (Å²) in [4.78, 5) is 0. The molecule has 2 aliphatic rings. The maximum atomic E-state index is 2.36. The van der Waals surface area contributed by atoms with E-state index < -0.39 is 0 Å². The Hall–Kier alpha value is -0.000519. The molecule has 0 bridgehead atoms. The SMILES string of the molecule is CC1=C(C)C(C)C(C)C1C.CC1=C(C)C(C)C(C)C1C.[CH3-].[CH3-].[Fe+2]. The van der Waals surface area contributed by atoms with E-state index in [2.05, 4.69) is 69.2 Å². The van der Waals surface area contributed by atoms with Crippen LogP contribution >= 0.6 is 0 Å². The van der Waals surface area contributed by atoms with Gasteiger partial charge in [-0.1, -0.05) is 63.8 Å². The molecule has 0 radical (unpaired) electrons. The number of hydrogen-bond donors (Lipinski definition) is 0. The van der Waals surface area contributed by atoms with E-state index in [1.54, 1.807) is 22.3 Å². The van der Waals surface area contributed by atoms with Crippen LogP contribution in [-0.2, 0) is 17.1 Å². The van der Waals surface area contributed by atoms with Crippen molar-refractivity contribution >= 4 is 0 Å². The Kier molecular flexibility index (Phi) is 13.0. The van der Waals surface area contributed by atoms with Crippen molar-refractivity contribution in [3.05, 3.63) is 37.1 Å². The minimum absolute atomic E-state index is 0. The van der Waals surface area contributed by atoms with Gasteiger partial charge in [0, 0.05) is 0 Å². The van der Waals surface area contributed by atoms with Gasteiger partial charge in [-0.3, -0.25) is 0 Å². The summed E-state index contributed by atoms with van der Waals surface area (Å²) in [5.74, 6) is 4.98. The van der Waals surface area contributed by atoms with Gasteiger partial charge in [0.05, 0.1) is 0 Å². The Bertz CT molecular complexity index is 340. The normalized spacial score (nSPS) is 35.7. The van der Waals surface area contributed by atoms with Crippen molar-refractivity contribution < 1.29 is 17.1 Å². The van der Waals surface area contributed by atoms with Crippen LogP contribution in [0.3, 0.4) is 0 Å². The van der Waals surface area contributed by atoms with Crippen molar-refractivity contribution in [2.24, 2.45) is 35.5 Å². The fraction of sp³-hybridized carbons (Fsp3) is 0.727. The molecule has 0 aliphatic heterocycles.